The van der Waals surface area contributed by atoms with Crippen molar-refractivity contribution in [3.63, 3.8) is 0 Å². The van der Waals surface area contributed by atoms with Crippen molar-refractivity contribution in [3.05, 3.63) is 53.9 Å². The van der Waals surface area contributed by atoms with Crippen LogP contribution in [0.2, 0.25) is 0 Å². The molecule has 2 N–H and O–H groups in total. The van der Waals surface area contributed by atoms with Crippen LogP contribution in [0.3, 0.4) is 0 Å². The van der Waals surface area contributed by atoms with Gasteiger partial charge in [-0.15, -0.1) is 0 Å². The summed E-state index contributed by atoms with van der Waals surface area (Å²) in [6, 6.07) is 9.85. The summed E-state index contributed by atoms with van der Waals surface area (Å²) in [5, 5.41) is 6.30. The van der Waals surface area contributed by atoms with Crippen LogP contribution in [0.25, 0.3) is 0 Å². The van der Waals surface area contributed by atoms with Crippen LogP contribution in [0.5, 0.6) is 0 Å². The Bertz CT molecular complexity index is 589. The highest BCUT2D eigenvalue weighted by atomic mass is 16.1. The van der Waals surface area contributed by atoms with E-state index >= 15 is 0 Å². The second-order valence-corrected chi connectivity index (χ2v) is 5.23. The van der Waals surface area contributed by atoms with Crippen LogP contribution in [0.1, 0.15) is 24.5 Å². The number of nitrogens with one attached hydrogen (secondary N) is 2. The third kappa shape index (κ3) is 4.76. The van der Waals surface area contributed by atoms with Crippen molar-refractivity contribution < 1.29 is 4.79 Å². The van der Waals surface area contributed by atoms with E-state index in [1.807, 2.05) is 54.2 Å². The molecule has 1 heterocycles. The zero-order valence-electron chi connectivity index (χ0n) is 12.7. The number of para-hydroxylation sites is 1. The summed E-state index contributed by atoms with van der Waals surface area (Å²) in [5.74, 6) is -0.00651. The summed E-state index contributed by atoms with van der Waals surface area (Å²) >= 11 is 0. The van der Waals surface area contributed by atoms with Crippen LogP contribution in [-0.4, -0.2) is 17.0 Å². The molecule has 0 fully saturated rings. The SMILES string of the molecule is CCCNCc1ccn(CC(=O)Nc2ccccc2C)c1. The number of benzene rings is 1. The Labute approximate surface area is 126 Å². The van der Waals surface area contributed by atoms with Gasteiger partial charge in [-0.05, 0) is 43.1 Å². The molecule has 0 unspecified atom stereocenters. The number of amides is 1. The van der Waals surface area contributed by atoms with E-state index in [2.05, 4.69) is 17.6 Å². The highest BCUT2D eigenvalue weighted by Crippen LogP contribution is 2.13. The lowest BCUT2D eigenvalue weighted by molar-refractivity contribution is -0.116. The molecule has 1 amide bonds. The predicted octanol–water partition coefficient (Wildman–Crippen LogP) is 2.93. The highest BCUT2D eigenvalue weighted by Gasteiger charge is 2.05. The smallest absolute Gasteiger partial charge is 0.244 e. The van der Waals surface area contributed by atoms with Gasteiger partial charge in [0.15, 0.2) is 0 Å². The molecule has 0 aliphatic carbocycles. The average Bonchev–Trinajstić information content (AvgIpc) is 2.89. The fraction of sp³-hybridized carbons (Fsp3) is 0.353. The summed E-state index contributed by atoms with van der Waals surface area (Å²) in [6.07, 6.45) is 5.08. The van der Waals surface area contributed by atoms with Crippen molar-refractivity contribution >= 4 is 11.6 Å². The molecule has 112 valence electrons. The van der Waals surface area contributed by atoms with Crippen LogP contribution in [0.4, 0.5) is 5.69 Å². The van der Waals surface area contributed by atoms with Gasteiger partial charge < -0.3 is 15.2 Å². The van der Waals surface area contributed by atoms with Crippen molar-refractivity contribution in [3.8, 4) is 0 Å². The molecule has 4 heteroatoms. The van der Waals surface area contributed by atoms with Gasteiger partial charge in [-0.1, -0.05) is 25.1 Å². The zero-order chi connectivity index (χ0) is 15.1. The van der Waals surface area contributed by atoms with Gasteiger partial charge in [0.05, 0.1) is 0 Å². The first-order chi connectivity index (χ1) is 10.2. The molecule has 0 saturated carbocycles. The van der Waals surface area contributed by atoms with Crippen molar-refractivity contribution in [2.24, 2.45) is 0 Å². The molecule has 0 aliphatic heterocycles. The number of aromatic nitrogens is 1. The van der Waals surface area contributed by atoms with Crippen LogP contribution in [-0.2, 0) is 17.9 Å². The number of carbonyl (C=O) groups excluding carboxylic acids is 1. The number of carbonyl (C=O) groups is 1. The number of hydrogen-bond acceptors (Lipinski definition) is 2. The maximum absolute atomic E-state index is 12.1. The molecule has 0 spiro atoms. The fourth-order valence-electron chi connectivity index (χ4n) is 2.17. The Balaban J connectivity index is 1.87. The van der Waals surface area contributed by atoms with Crippen molar-refractivity contribution in [1.82, 2.24) is 9.88 Å². The third-order valence-corrected chi connectivity index (χ3v) is 3.31. The Hall–Kier alpha value is -2.07. The summed E-state index contributed by atoms with van der Waals surface area (Å²) in [4.78, 5) is 12.1. The minimum absolute atomic E-state index is 0.00651. The molecular weight excluding hydrogens is 262 g/mol. The lowest BCUT2D eigenvalue weighted by Gasteiger charge is -2.08. The Morgan fingerprint density at radius 1 is 1.24 bits per heavy atom. The second kappa shape index (κ2) is 7.64. The van der Waals surface area contributed by atoms with E-state index in [9.17, 15) is 4.79 Å². The van der Waals surface area contributed by atoms with Gasteiger partial charge in [-0.2, -0.15) is 0 Å². The molecule has 0 bridgehead atoms. The van der Waals surface area contributed by atoms with Crippen LogP contribution >= 0.6 is 0 Å². The lowest BCUT2D eigenvalue weighted by Crippen LogP contribution is -2.18. The maximum Gasteiger partial charge on any atom is 0.244 e. The van der Waals surface area contributed by atoms with E-state index in [-0.39, 0.29) is 5.91 Å². The summed E-state index contributed by atoms with van der Waals surface area (Å²) in [7, 11) is 0. The van der Waals surface area contributed by atoms with Gasteiger partial charge in [0.25, 0.3) is 0 Å². The second-order valence-electron chi connectivity index (χ2n) is 5.23. The third-order valence-electron chi connectivity index (χ3n) is 3.31. The van der Waals surface area contributed by atoms with E-state index in [0.29, 0.717) is 6.54 Å². The molecule has 0 saturated heterocycles. The van der Waals surface area contributed by atoms with E-state index in [1.54, 1.807) is 0 Å². The van der Waals surface area contributed by atoms with Crippen molar-refractivity contribution in [2.45, 2.75) is 33.4 Å². The van der Waals surface area contributed by atoms with Gasteiger partial charge in [0, 0.05) is 24.6 Å². The largest absolute Gasteiger partial charge is 0.345 e. The van der Waals surface area contributed by atoms with E-state index in [4.69, 9.17) is 0 Å². The van der Waals surface area contributed by atoms with Gasteiger partial charge in [0.2, 0.25) is 5.91 Å². The standard InChI is InChI=1S/C17H23N3O/c1-3-9-18-11-15-8-10-20(12-15)13-17(21)19-16-7-5-4-6-14(16)2/h4-8,10,12,18H,3,9,11,13H2,1-2H3,(H,19,21). The van der Waals surface area contributed by atoms with Gasteiger partial charge in [0.1, 0.15) is 6.54 Å². The fourth-order valence-corrected chi connectivity index (χ4v) is 2.17. The van der Waals surface area contributed by atoms with E-state index in [0.717, 1.165) is 30.8 Å². The van der Waals surface area contributed by atoms with Crippen LogP contribution < -0.4 is 10.6 Å². The van der Waals surface area contributed by atoms with Crippen LogP contribution in [0, 0.1) is 6.92 Å². The average molecular weight is 285 g/mol. The summed E-state index contributed by atoms with van der Waals surface area (Å²) in [5.41, 5.74) is 3.15. The normalized spacial score (nSPS) is 10.6. The first-order valence-electron chi connectivity index (χ1n) is 7.40. The topological polar surface area (TPSA) is 46.1 Å². The van der Waals surface area contributed by atoms with Crippen molar-refractivity contribution in [2.75, 3.05) is 11.9 Å². The van der Waals surface area contributed by atoms with Crippen LogP contribution in [0.15, 0.2) is 42.7 Å². The summed E-state index contributed by atoms with van der Waals surface area (Å²) in [6.45, 7) is 6.33. The minimum atomic E-state index is -0.00651. The summed E-state index contributed by atoms with van der Waals surface area (Å²) < 4.78 is 1.91. The molecule has 4 nitrogen and oxygen atoms in total. The molecule has 2 aromatic rings. The van der Waals surface area contributed by atoms with Gasteiger partial charge in [-0.25, -0.2) is 0 Å². The predicted molar refractivity (Wildman–Crippen MR) is 86.2 cm³/mol. The quantitative estimate of drug-likeness (QED) is 0.768. The van der Waals surface area contributed by atoms with Gasteiger partial charge in [-0.3, -0.25) is 4.79 Å². The molecule has 0 atom stereocenters. The molecule has 1 aromatic heterocycles. The zero-order valence-corrected chi connectivity index (χ0v) is 12.7. The molecule has 1 aromatic carbocycles. The highest BCUT2D eigenvalue weighted by molar-refractivity contribution is 5.91. The molecule has 0 radical (unpaired) electrons. The maximum atomic E-state index is 12.1. The number of rotatable bonds is 7. The monoisotopic (exact) mass is 285 g/mol. The molecular formula is C17H23N3O. The van der Waals surface area contributed by atoms with E-state index in [1.165, 1.54) is 5.56 Å². The van der Waals surface area contributed by atoms with E-state index < -0.39 is 0 Å². The lowest BCUT2D eigenvalue weighted by atomic mass is 10.2. The Morgan fingerprint density at radius 3 is 2.81 bits per heavy atom. The Kier molecular flexibility index (Phi) is 5.58. The number of nitrogens with zero attached hydrogens (tertiary/aromatic N) is 1. The number of aryl methyl sites for hydroxylation is 1. The first kappa shape index (κ1) is 15.3. The minimum Gasteiger partial charge on any atom is -0.345 e. The Morgan fingerprint density at radius 2 is 2.05 bits per heavy atom. The molecule has 0 aliphatic rings. The van der Waals surface area contributed by atoms with Gasteiger partial charge >= 0.3 is 0 Å². The molecule has 2 rings (SSSR count). The first-order valence-corrected chi connectivity index (χ1v) is 7.40. The molecule has 21 heavy (non-hydrogen) atoms. The number of hydrogen-bond donors (Lipinski definition) is 2. The number of anilines is 1. The van der Waals surface area contributed by atoms with Crippen molar-refractivity contribution in [1.29, 1.82) is 0 Å².